The Labute approximate surface area is 118 Å². The first-order valence-corrected chi connectivity index (χ1v) is 6.54. The second-order valence-corrected chi connectivity index (χ2v) is 5.02. The van der Waals surface area contributed by atoms with Gasteiger partial charge >= 0.3 is 0 Å². The third-order valence-corrected chi connectivity index (χ3v) is 3.28. The fourth-order valence-corrected chi connectivity index (χ4v) is 2.09. The number of aromatic nitrogens is 2. The van der Waals surface area contributed by atoms with E-state index in [4.69, 9.17) is 0 Å². The number of carbonyl (C=O) groups is 1. The minimum absolute atomic E-state index is 0.120. The molecule has 0 aliphatic heterocycles. The van der Waals surface area contributed by atoms with Gasteiger partial charge < -0.3 is 0 Å². The smallest absolute Gasteiger partial charge is 0.212 e. The number of hydrogen-bond donors (Lipinski definition) is 0. The zero-order valence-corrected chi connectivity index (χ0v) is 11.5. The van der Waals surface area contributed by atoms with Crippen LogP contribution in [0, 0.1) is 0 Å². The largest absolute Gasteiger partial charge is 0.287 e. The highest BCUT2D eigenvalue weighted by Crippen LogP contribution is 2.16. The first-order chi connectivity index (χ1) is 9.24. The first-order valence-electron chi connectivity index (χ1n) is 5.75. The van der Waals surface area contributed by atoms with E-state index in [1.165, 1.54) is 0 Å². The molecule has 19 heavy (non-hydrogen) atoms. The summed E-state index contributed by atoms with van der Waals surface area (Å²) >= 11 is 3.30. The zero-order chi connectivity index (χ0) is 13.2. The predicted molar refractivity (Wildman–Crippen MR) is 77.1 cm³/mol. The van der Waals surface area contributed by atoms with Crippen LogP contribution in [0.4, 0.5) is 0 Å². The van der Waals surface area contributed by atoms with E-state index in [0.717, 1.165) is 15.4 Å². The quantitative estimate of drug-likeness (QED) is 0.679. The Bertz CT molecular complexity index is 753. The van der Waals surface area contributed by atoms with Gasteiger partial charge in [-0.3, -0.25) is 14.8 Å². The first kappa shape index (κ1) is 12.0. The summed E-state index contributed by atoms with van der Waals surface area (Å²) in [6.45, 7) is 0. The van der Waals surface area contributed by atoms with E-state index in [0.29, 0.717) is 11.3 Å². The molecule has 92 valence electrons. The van der Waals surface area contributed by atoms with Crippen molar-refractivity contribution < 1.29 is 4.79 Å². The lowest BCUT2D eigenvalue weighted by Crippen LogP contribution is -2.04. The molecule has 0 bridgehead atoms. The number of halogens is 1. The average molecular weight is 313 g/mol. The van der Waals surface area contributed by atoms with Crippen molar-refractivity contribution in [2.75, 3.05) is 0 Å². The van der Waals surface area contributed by atoms with Gasteiger partial charge in [-0.1, -0.05) is 18.2 Å². The Morgan fingerprint density at radius 2 is 1.84 bits per heavy atom. The van der Waals surface area contributed by atoms with Gasteiger partial charge in [-0.15, -0.1) is 0 Å². The van der Waals surface area contributed by atoms with Crippen LogP contribution < -0.4 is 0 Å². The number of para-hydroxylation sites is 1. The molecule has 0 N–H and O–H groups in total. The van der Waals surface area contributed by atoms with Crippen LogP contribution in [0.2, 0.25) is 0 Å². The van der Waals surface area contributed by atoms with Gasteiger partial charge in [-0.2, -0.15) is 0 Å². The monoisotopic (exact) mass is 312 g/mol. The molecule has 0 aliphatic carbocycles. The van der Waals surface area contributed by atoms with Gasteiger partial charge in [0.05, 0.1) is 5.52 Å². The fraction of sp³-hybridized carbons (Fsp3) is 0. The van der Waals surface area contributed by atoms with Crippen molar-refractivity contribution in [2.24, 2.45) is 0 Å². The molecule has 0 saturated carbocycles. The maximum absolute atomic E-state index is 12.3. The Morgan fingerprint density at radius 3 is 2.63 bits per heavy atom. The van der Waals surface area contributed by atoms with Crippen LogP contribution in [0.5, 0.6) is 0 Å². The number of pyridine rings is 2. The lowest BCUT2D eigenvalue weighted by atomic mass is 10.1. The summed E-state index contributed by atoms with van der Waals surface area (Å²) < 4.78 is 0.848. The van der Waals surface area contributed by atoms with Crippen LogP contribution in [-0.2, 0) is 0 Å². The minimum Gasteiger partial charge on any atom is -0.287 e. The number of benzene rings is 1. The molecule has 2 aromatic heterocycles. The predicted octanol–water partition coefficient (Wildman–Crippen LogP) is 3.62. The molecule has 4 heteroatoms. The van der Waals surface area contributed by atoms with Crippen molar-refractivity contribution >= 4 is 32.6 Å². The van der Waals surface area contributed by atoms with Crippen molar-refractivity contribution in [1.82, 2.24) is 9.97 Å². The van der Waals surface area contributed by atoms with E-state index in [1.807, 2.05) is 30.3 Å². The molecule has 1 aromatic carbocycles. The molecule has 3 nitrogen and oxygen atoms in total. The normalized spacial score (nSPS) is 10.6. The summed E-state index contributed by atoms with van der Waals surface area (Å²) in [7, 11) is 0. The molecular weight excluding hydrogens is 304 g/mol. The van der Waals surface area contributed by atoms with Gasteiger partial charge in [0.1, 0.15) is 5.69 Å². The molecule has 2 heterocycles. The van der Waals surface area contributed by atoms with Gasteiger partial charge in [0.2, 0.25) is 5.78 Å². The number of hydrogen-bond acceptors (Lipinski definition) is 3. The van der Waals surface area contributed by atoms with E-state index in [-0.39, 0.29) is 5.78 Å². The van der Waals surface area contributed by atoms with Crippen LogP contribution in [0.3, 0.4) is 0 Å². The van der Waals surface area contributed by atoms with Gasteiger partial charge in [-0.25, -0.2) is 0 Å². The van der Waals surface area contributed by atoms with Gasteiger partial charge in [0, 0.05) is 27.8 Å². The highest BCUT2D eigenvalue weighted by atomic mass is 79.9. The standard InChI is InChI=1S/C15H9BrN2O/c16-12-5-6-14(18-9-12)15(19)11-7-10-3-1-2-4-13(10)17-8-11/h1-9H. The average Bonchev–Trinajstić information content (AvgIpc) is 2.47. The molecule has 0 spiro atoms. The second-order valence-electron chi connectivity index (χ2n) is 4.11. The number of fused-ring (bicyclic) bond motifs is 1. The molecule has 3 rings (SSSR count). The summed E-state index contributed by atoms with van der Waals surface area (Å²) in [6, 6.07) is 13.0. The Balaban J connectivity index is 2.04. The Kier molecular flexibility index (Phi) is 3.09. The topological polar surface area (TPSA) is 42.9 Å². The second kappa shape index (κ2) is 4.90. The molecule has 0 unspecified atom stereocenters. The van der Waals surface area contributed by atoms with Crippen LogP contribution in [0.25, 0.3) is 10.9 Å². The van der Waals surface area contributed by atoms with Crippen molar-refractivity contribution in [3.8, 4) is 0 Å². The molecule has 0 fully saturated rings. The maximum Gasteiger partial charge on any atom is 0.212 e. The number of nitrogens with zero attached hydrogens (tertiary/aromatic N) is 2. The summed E-state index contributed by atoms with van der Waals surface area (Å²) in [5.74, 6) is -0.120. The van der Waals surface area contributed by atoms with Crippen molar-refractivity contribution in [3.05, 3.63) is 70.6 Å². The lowest BCUT2D eigenvalue weighted by Gasteiger charge is -2.02. The van der Waals surface area contributed by atoms with Gasteiger partial charge in [0.15, 0.2) is 0 Å². The highest BCUT2D eigenvalue weighted by molar-refractivity contribution is 9.10. The molecule has 0 saturated heterocycles. The summed E-state index contributed by atoms with van der Waals surface area (Å²) in [6.07, 6.45) is 3.20. The lowest BCUT2D eigenvalue weighted by molar-refractivity contribution is 0.103. The Hall–Kier alpha value is -2.07. The van der Waals surface area contributed by atoms with Crippen molar-refractivity contribution in [3.63, 3.8) is 0 Å². The van der Waals surface area contributed by atoms with E-state index >= 15 is 0 Å². The molecule has 3 aromatic rings. The SMILES string of the molecule is O=C(c1cnc2ccccc2c1)c1ccc(Br)cn1. The molecule has 0 aliphatic rings. The van der Waals surface area contributed by atoms with E-state index < -0.39 is 0 Å². The number of carbonyl (C=O) groups excluding carboxylic acids is 1. The summed E-state index contributed by atoms with van der Waals surface area (Å²) in [5, 5.41) is 0.950. The van der Waals surface area contributed by atoms with E-state index in [9.17, 15) is 4.79 Å². The third-order valence-electron chi connectivity index (χ3n) is 2.81. The van der Waals surface area contributed by atoms with Crippen LogP contribution in [0.1, 0.15) is 16.1 Å². The van der Waals surface area contributed by atoms with Crippen molar-refractivity contribution in [1.29, 1.82) is 0 Å². The summed E-state index contributed by atoms with van der Waals surface area (Å²) in [4.78, 5) is 20.7. The zero-order valence-electron chi connectivity index (χ0n) is 9.88. The summed E-state index contributed by atoms with van der Waals surface area (Å²) in [5.41, 5.74) is 1.84. The van der Waals surface area contributed by atoms with E-state index in [1.54, 1.807) is 24.5 Å². The molecular formula is C15H9BrN2O. The van der Waals surface area contributed by atoms with Crippen LogP contribution in [0.15, 0.2) is 59.3 Å². The third kappa shape index (κ3) is 2.39. The van der Waals surface area contributed by atoms with Gasteiger partial charge in [0.25, 0.3) is 0 Å². The number of ketones is 1. The van der Waals surface area contributed by atoms with Crippen LogP contribution >= 0.6 is 15.9 Å². The number of rotatable bonds is 2. The fourth-order valence-electron chi connectivity index (χ4n) is 1.85. The highest BCUT2D eigenvalue weighted by Gasteiger charge is 2.11. The van der Waals surface area contributed by atoms with Crippen molar-refractivity contribution in [2.45, 2.75) is 0 Å². The van der Waals surface area contributed by atoms with E-state index in [2.05, 4.69) is 25.9 Å². The van der Waals surface area contributed by atoms with Crippen LogP contribution in [-0.4, -0.2) is 15.8 Å². The Morgan fingerprint density at radius 1 is 1.00 bits per heavy atom. The molecule has 0 atom stereocenters. The maximum atomic E-state index is 12.3. The molecule has 0 radical (unpaired) electrons. The minimum atomic E-state index is -0.120. The van der Waals surface area contributed by atoms with Gasteiger partial charge in [-0.05, 0) is 40.2 Å². The molecule has 0 amide bonds.